The van der Waals surface area contributed by atoms with E-state index >= 15 is 0 Å². The molecule has 1 unspecified atom stereocenters. The Balaban J connectivity index is 1.47. The highest BCUT2D eigenvalue weighted by atomic mass is 16.5. The molecule has 2 aromatic carbocycles. The molecule has 3 aliphatic rings. The number of H-pyrrole nitrogens is 1. The maximum Gasteiger partial charge on any atom is 0.338 e. The first-order chi connectivity index (χ1) is 12.2. The van der Waals surface area contributed by atoms with Gasteiger partial charge in [-0.1, -0.05) is 24.3 Å². The topological polar surface area (TPSA) is 72.1 Å². The fraction of sp³-hybridized carbons (Fsp3) is 0.250. The number of hydrogen-bond acceptors (Lipinski definition) is 4. The number of carbonyl (C=O) groups excluding carboxylic acids is 1. The maximum atomic E-state index is 12.7. The summed E-state index contributed by atoms with van der Waals surface area (Å²) < 4.78 is 5.88. The molecule has 5 heteroatoms. The van der Waals surface area contributed by atoms with E-state index in [0.717, 1.165) is 18.4 Å². The molecule has 6 rings (SSSR count). The summed E-state index contributed by atoms with van der Waals surface area (Å²) in [7, 11) is 0. The molecule has 0 saturated heterocycles. The molecule has 1 aromatic heterocycles. The van der Waals surface area contributed by atoms with Crippen LogP contribution in [-0.4, -0.2) is 15.9 Å². The second kappa shape index (κ2) is 5.28. The summed E-state index contributed by atoms with van der Waals surface area (Å²) in [6.45, 7) is 0. The lowest BCUT2D eigenvalue weighted by Crippen LogP contribution is -2.36. The van der Waals surface area contributed by atoms with Gasteiger partial charge in [-0.15, -0.1) is 0 Å². The van der Waals surface area contributed by atoms with Crippen molar-refractivity contribution in [2.24, 2.45) is 5.92 Å². The van der Waals surface area contributed by atoms with E-state index in [1.165, 1.54) is 11.9 Å². The van der Waals surface area contributed by atoms with Crippen LogP contribution in [0.3, 0.4) is 0 Å². The van der Waals surface area contributed by atoms with Crippen molar-refractivity contribution in [2.75, 3.05) is 0 Å². The normalized spacial score (nSPS) is 23.6. The summed E-state index contributed by atoms with van der Waals surface area (Å²) in [5, 5.41) is 0.462. The maximum absolute atomic E-state index is 12.7. The molecule has 0 aliphatic heterocycles. The highest BCUT2D eigenvalue weighted by molar-refractivity contribution is 5.94. The van der Waals surface area contributed by atoms with Gasteiger partial charge < -0.3 is 9.72 Å². The number of nitrogens with zero attached hydrogens (tertiary/aromatic N) is 1. The van der Waals surface area contributed by atoms with Gasteiger partial charge in [-0.25, -0.2) is 9.78 Å². The largest absolute Gasteiger partial charge is 0.454 e. The quantitative estimate of drug-likeness (QED) is 0.731. The molecule has 2 bridgehead atoms. The molecule has 3 aromatic rings. The van der Waals surface area contributed by atoms with Crippen molar-refractivity contribution in [1.82, 2.24) is 9.97 Å². The van der Waals surface area contributed by atoms with Crippen LogP contribution in [0.1, 0.15) is 46.3 Å². The zero-order valence-corrected chi connectivity index (χ0v) is 13.4. The minimum atomic E-state index is -0.367. The van der Waals surface area contributed by atoms with Crippen molar-refractivity contribution in [3.05, 3.63) is 75.8 Å². The highest BCUT2D eigenvalue weighted by Gasteiger charge is 2.45. The number of esters is 1. The van der Waals surface area contributed by atoms with E-state index in [4.69, 9.17) is 4.74 Å². The van der Waals surface area contributed by atoms with E-state index < -0.39 is 0 Å². The van der Waals surface area contributed by atoms with Crippen molar-refractivity contribution in [2.45, 2.75) is 24.9 Å². The lowest BCUT2D eigenvalue weighted by Gasteiger charge is -2.47. The van der Waals surface area contributed by atoms with Gasteiger partial charge in [0, 0.05) is 5.92 Å². The lowest BCUT2D eigenvalue weighted by atomic mass is 9.61. The van der Waals surface area contributed by atoms with Crippen LogP contribution in [0.25, 0.3) is 10.9 Å². The lowest BCUT2D eigenvalue weighted by molar-refractivity contribution is -0.0161. The Bertz CT molecular complexity index is 1050. The molecule has 1 atom stereocenters. The van der Waals surface area contributed by atoms with Crippen molar-refractivity contribution in [3.8, 4) is 0 Å². The molecule has 5 nitrogen and oxygen atoms in total. The average molecular weight is 332 g/mol. The van der Waals surface area contributed by atoms with Crippen LogP contribution in [0.5, 0.6) is 0 Å². The molecular weight excluding hydrogens is 316 g/mol. The van der Waals surface area contributed by atoms with E-state index in [1.54, 1.807) is 18.2 Å². The predicted octanol–water partition coefficient (Wildman–Crippen LogP) is 3.33. The van der Waals surface area contributed by atoms with E-state index in [9.17, 15) is 9.59 Å². The number of nitrogens with one attached hydrogen (secondary N) is 1. The van der Waals surface area contributed by atoms with Crippen LogP contribution in [0.4, 0.5) is 0 Å². The Morgan fingerprint density at radius 2 is 1.92 bits per heavy atom. The molecule has 1 fully saturated rings. The fourth-order valence-corrected chi connectivity index (χ4v) is 4.10. The van der Waals surface area contributed by atoms with Crippen molar-refractivity contribution >= 4 is 16.9 Å². The van der Waals surface area contributed by atoms with Crippen LogP contribution in [0.15, 0.2) is 53.6 Å². The van der Waals surface area contributed by atoms with Gasteiger partial charge in [-0.2, -0.15) is 0 Å². The number of rotatable bonds is 2. The van der Waals surface area contributed by atoms with Crippen molar-refractivity contribution in [3.63, 3.8) is 0 Å². The highest BCUT2D eigenvalue weighted by Crippen LogP contribution is 2.56. The third-order valence-electron chi connectivity index (χ3n) is 5.46. The van der Waals surface area contributed by atoms with Gasteiger partial charge >= 0.3 is 5.97 Å². The SMILES string of the molecule is O=C(OC1c2ccccc2C2CC1C2)c1ccc2c(=O)[nH]cnc2c1. The minimum absolute atomic E-state index is 0.184. The zero-order valence-electron chi connectivity index (χ0n) is 13.4. The first kappa shape index (κ1) is 14.4. The van der Waals surface area contributed by atoms with Gasteiger partial charge in [-0.05, 0) is 48.1 Å². The third-order valence-corrected chi connectivity index (χ3v) is 5.46. The van der Waals surface area contributed by atoms with E-state index in [2.05, 4.69) is 22.1 Å². The van der Waals surface area contributed by atoms with Crippen molar-refractivity contribution < 1.29 is 9.53 Å². The number of fused-ring (bicyclic) bond motifs is 1. The first-order valence-electron chi connectivity index (χ1n) is 8.48. The van der Waals surface area contributed by atoms with Crippen LogP contribution in [-0.2, 0) is 4.74 Å². The van der Waals surface area contributed by atoms with E-state index in [0.29, 0.717) is 28.3 Å². The number of aromatic amines is 1. The molecule has 3 aliphatic carbocycles. The van der Waals surface area contributed by atoms with E-state index in [-0.39, 0.29) is 17.6 Å². The monoisotopic (exact) mass is 332 g/mol. The molecule has 124 valence electrons. The Hall–Kier alpha value is -2.95. The smallest absolute Gasteiger partial charge is 0.338 e. The van der Waals surface area contributed by atoms with E-state index in [1.807, 2.05) is 12.1 Å². The van der Waals surface area contributed by atoms with Gasteiger partial charge in [0.25, 0.3) is 5.56 Å². The summed E-state index contributed by atoms with van der Waals surface area (Å²) in [4.78, 5) is 31.1. The summed E-state index contributed by atoms with van der Waals surface area (Å²) >= 11 is 0. The third kappa shape index (κ3) is 2.19. The van der Waals surface area contributed by atoms with Gasteiger partial charge in [0.1, 0.15) is 6.10 Å². The predicted molar refractivity (Wildman–Crippen MR) is 92.4 cm³/mol. The van der Waals surface area contributed by atoms with Gasteiger partial charge in [-0.3, -0.25) is 4.79 Å². The number of hydrogen-bond donors (Lipinski definition) is 1. The number of aromatic nitrogens is 2. The number of carbonyl (C=O) groups is 1. The van der Waals surface area contributed by atoms with Crippen molar-refractivity contribution in [1.29, 1.82) is 0 Å². The Kier molecular flexibility index (Phi) is 3.04. The molecule has 1 heterocycles. The Morgan fingerprint density at radius 3 is 2.76 bits per heavy atom. The summed E-state index contributed by atoms with van der Waals surface area (Å²) in [5.74, 6) is 0.659. The molecule has 0 spiro atoms. The molecule has 1 saturated carbocycles. The fourth-order valence-electron chi connectivity index (χ4n) is 4.10. The standard InChI is InChI=1S/C20H16N2O3/c23-19-16-6-5-11(9-17(16)21-10-22-19)20(24)25-18-13-7-12(8-13)14-3-1-2-4-15(14)18/h1-6,9-10,12-13,18H,7-8H2,(H,21,22,23). The molecule has 25 heavy (non-hydrogen) atoms. The van der Waals surface area contributed by atoms with Crippen LogP contribution in [0.2, 0.25) is 0 Å². The zero-order chi connectivity index (χ0) is 17.0. The number of ether oxygens (including phenoxy) is 1. The summed E-state index contributed by atoms with van der Waals surface area (Å²) in [5.41, 5.74) is 3.15. The Labute approximate surface area is 143 Å². The molecular formula is C20H16N2O3. The first-order valence-corrected chi connectivity index (χ1v) is 8.48. The van der Waals surface area contributed by atoms with Gasteiger partial charge in [0.05, 0.1) is 22.8 Å². The Morgan fingerprint density at radius 1 is 1.12 bits per heavy atom. The minimum Gasteiger partial charge on any atom is -0.454 e. The van der Waals surface area contributed by atoms with Crippen LogP contribution < -0.4 is 5.56 Å². The second-order valence-corrected chi connectivity index (χ2v) is 6.85. The summed E-state index contributed by atoms with van der Waals surface area (Å²) in [6.07, 6.45) is 3.33. The number of benzene rings is 2. The van der Waals surface area contributed by atoms with Crippen LogP contribution >= 0.6 is 0 Å². The molecule has 0 amide bonds. The molecule has 0 radical (unpaired) electrons. The molecule has 1 N–H and O–H groups in total. The summed E-state index contributed by atoms with van der Waals surface area (Å²) in [6, 6.07) is 13.1. The second-order valence-electron chi connectivity index (χ2n) is 6.85. The van der Waals surface area contributed by atoms with Crippen LogP contribution in [0, 0.1) is 5.92 Å². The van der Waals surface area contributed by atoms with Gasteiger partial charge in [0.2, 0.25) is 0 Å². The van der Waals surface area contributed by atoms with Gasteiger partial charge in [0.15, 0.2) is 0 Å². The average Bonchev–Trinajstić information content (AvgIpc) is 2.60.